The number of hydrogen-bond donors (Lipinski definition) is 4. The number of aromatic nitrogens is 2. The Balaban J connectivity index is 2.35. The van der Waals surface area contributed by atoms with Gasteiger partial charge in [0, 0.05) is 6.20 Å². The summed E-state index contributed by atoms with van der Waals surface area (Å²) in [5.74, 6) is 0. The summed E-state index contributed by atoms with van der Waals surface area (Å²) in [6.45, 7) is -0.490. The zero-order valence-corrected chi connectivity index (χ0v) is 8.61. The molecule has 1 fully saturated rings. The van der Waals surface area contributed by atoms with Crippen molar-refractivity contribution in [2.75, 3.05) is 6.61 Å². The first-order chi connectivity index (χ1) is 8.04. The van der Waals surface area contributed by atoms with Crippen molar-refractivity contribution in [3.05, 3.63) is 33.1 Å². The highest BCUT2D eigenvalue weighted by atomic mass is 16.6. The molecule has 0 saturated carbocycles. The highest BCUT2D eigenvalue weighted by Crippen LogP contribution is 2.27. The summed E-state index contributed by atoms with van der Waals surface area (Å²) >= 11 is 0. The van der Waals surface area contributed by atoms with Crippen molar-refractivity contribution >= 4 is 0 Å². The Morgan fingerprint density at radius 3 is 2.65 bits per heavy atom. The van der Waals surface area contributed by atoms with Crippen molar-refractivity contribution in [3.63, 3.8) is 0 Å². The van der Waals surface area contributed by atoms with Crippen LogP contribution in [0.4, 0.5) is 0 Å². The van der Waals surface area contributed by atoms with Gasteiger partial charge in [0.15, 0.2) is 6.23 Å². The van der Waals surface area contributed by atoms with E-state index in [9.17, 15) is 19.8 Å². The second-order valence-corrected chi connectivity index (χ2v) is 3.67. The Labute approximate surface area is 94.7 Å². The van der Waals surface area contributed by atoms with Gasteiger partial charge in [0.25, 0.3) is 5.56 Å². The number of nitrogens with one attached hydrogen (secondary N) is 1. The molecule has 2 heterocycles. The molecule has 0 spiro atoms. The van der Waals surface area contributed by atoms with E-state index in [4.69, 9.17) is 9.84 Å². The van der Waals surface area contributed by atoms with Crippen LogP contribution < -0.4 is 11.2 Å². The summed E-state index contributed by atoms with van der Waals surface area (Å²) in [6, 6.07) is 2.20. The molecular formula is C9H11N2O6. The molecule has 1 aliphatic rings. The van der Waals surface area contributed by atoms with Crippen LogP contribution in [0.15, 0.2) is 15.8 Å². The van der Waals surface area contributed by atoms with Gasteiger partial charge < -0.3 is 20.1 Å². The van der Waals surface area contributed by atoms with Gasteiger partial charge in [-0.25, -0.2) is 4.79 Å². The van der Waals surface area contributed by atoms with E-state index in [1.807, 2.05) is 4.98 Å². The van der Waals surface area contributed by atoms with E-state index >= 15 is 0 Å². The maximum absolute atomic E-state index is 11.4. The lowest BCUT2D eigenvalue weighted by Gasteiger charge is -2.16. The van der Waals surface area contributed by atoms with Crippen LogP contribution in [0.3, 0.4) is 0 Å². The van der Waals surface area contributed by atoms with Crippen LogP contribution in [0.25, 0.3) is 0 Å². The van der Waals surface area contributed by atoms with Crippen LogP contribution in [-0.2, 0) is 4.74 Å². The van der Waals surface area contributed by atoms with Gasteiger partial charge in [-0.15, -0.1) is 0 Å². The fourth-order valence-electron chi connectivity index (χ4n) is 1.68. The fraction of sp³-hybridized carbons (Fsp3) is 0.556. The lowest BCUT2D eigenvalue weighted by Crippen LogP contribution is -2.37. The van der Waals surface area contributed by atoms with Crippen LogP contribution in [0.1, 0.15) is 6.23 Å². The standard InChI is InChI=1S/C9H11N2O6/c12-3-4-6(14)7(15)8(17-4)11-2-1-5(13)10-9(11)16/h2,4,6-8,12,14-15H,3H2,(H,10,13,16)/t4-,6?,7?,8-/m0/s1. The maximum Gasteiger partial charge on any atom is 0.330 e. The summed E-state index contributed by atoms with van der Waals surface area (Å²) < 4.78 is 6.01. The average Bonchev–Trinajstić information content (AvgIpc) is 2.57. The van der Waals surface area contributed by atoms with Gasteiger partial charge in [0.05, 0.1) is 12.7 Å². The monoisotopic (exact) mass is 243 g/mol. The molecule has 1 aromatic heterocycles. The van der Waals surface area contributed by atoms with Crippen molar-refractivity contribution in [2.24, 2.45) is 0 Å². The van der Waals surface area contributed by atoms with E-state index in [-0.39, 0.29) is 0 Å². The molecule has 1 aliphatic heterocycles. The molecule has 2 rings (SSSR count). The largest absolute Gasteiger partial charge is 0.394 e. The molecule has 8 heteroatoms. The molecule has 0 aromatic carbocycles. The van der Waals surface area contributed by atoms with E-state index in [0.717, 1.165) is 10.8 Å². The Hall–Kier alpha value is -1.48. The van der Waals surface area contributed by atoms with Crippen LogP contribution in [-0.4, -0.2) is 49.8 Å². The van der Waals surface area contributed by atoms with E-state index in [1.165, 1.54) is 0 Å². The molecule has 0 amide bonds. The SMILES string of the molecule is O=c1[c]cn([C@H]2O[C@@H](CO)C(O)C2O)c(=O)[nH]1. The lowest BCUT2D eigenvalue weighted by molar-refractivity contribution is -0.0550. The zero-order valence-electron chi connectivity index (χ0n) is 8.61. The number of hydrogen-bond acceptors (Lipinski definition) is 6. The van der Waals surface area contributed by atoms with Crippen LogP contribution in [0.5, 0.6) is 0 Å². The Morgan fingerprint density at radius 1 is 1.41 bits per heavy atom. The molecule has 4 N–H and O–H groups in total. The van der Waals surface area contributed by atoms with E-state index in [0.29, 0.717) is 0 Å². The predicted octanol–water partition coefficient (Wildman–Crippen LogP) is -3.05. The molecule has 2 unspecified atom stereocenters. The molecule has 0 aliphatic carbocycles. The number of aromatic amines is 1. The molecule has 1 aromatic rings. The molecule has 1 saturated heterocycles. The first-order valence-electron chi connectivity index (χ1n) is 4.90. The number of nitrogens with zero attached hydrogens (tertiary/aromatic N) is 1. The molecule has 1 radical (unpaired) electrons. The highest BCUT2D eigenvalue weighted by molar-refractivity contribution is 4.92. The van der Waals surface area contributed by atoms with Gasteiger partial charge >= 0.3 is 5.69 Å². The number of ether oxygens (including phenoxy) is 1. The lowest BCUT2D eigenvalue weighted by atomic mass is 10.1. The van der Waals surface area contributed by atoms with Crippen LogP contribution in [0.2, 0.25) is 0 Å². The Bertz CT molecular complexity index is 509. The third kappa shape index (κ3) is 2.03. The number of aliphatic hydroxyl groups is 3. The minimum absolute atomic E-state index is 0.490. The summed E-state index contributed by atoms with van der Waals surface area (Å²) in [6.07, 6.45) is -3.79. The summed E-state index contributed by atoms with van der Waals surface area (Å²) in [4.78, 5) is 24.2. The van der Waals surface area contributed by atoms with E-state index in [1.54, 1.807) is 0 Å². The Kier molecular flexibility index (Phi) is 3.11. The van der Waals surface area contributed by atoms with Crippen molar-refractivity contribution in [1.29, 1.82) is 0 Å². The van der Waals surface area contributed by atoms with Crippen molar-refractivity contribution in [2.45, 2.75) is 24.5 Å². The number of aliphatic hydroxyl groups excluding tert-OH is 3. The fourth-order valence-corrected chi connectivity index (χ4v) is 1.68. The topological polar surface area (TPSA) is 125 Å². The second kappa shape index (κ2) is 4.41. The maximum atomic E-state index is 11.4. The van der Waals surface area contributed by atoms with Gasteiger partial charge in [-0.05, 0) is 0 Å². The Morgan fingerprint density at radius 2 is 2.12 bits per heavy atom. The molecule has 93 valence electrons. The summed E-state index contributed by atoms with van der Waals surface area (Å²) in [5, 5.41) is 28.0. The summed E-state index contributed by atoms with van der Waals surface area (Å²) in [5.41, 5.74) is -1.48. The smallest absolute Gasteiger partial charge is 0.330 e. The van der Waals surface area contributed by atoms with Crippen molar-refractivity contribution in [3.8, 4) is 0 Å². The van der Waals surface area contributed by atoms with Gasteiger partial charge in [-0.3, -0.25) is 14.3 Å². The van der Waals surface area contributed by atoms with E-state index in [2.05, 4.69) is 6.07 Å². The third-order valence-electron chi connectivity index (χ3n) is 2.58. The predicted molar refractivity (Wildman–Crippen MR) is 53.2 cm³/mol. The highest BCUT2D eigenvalue weighted by Gasteiger charge is 2.43. The molecule has 8 nitrogen and oxygen atoms in total. The van der Waals surface area contributed by atoms with Gasteiger partial charge in [-0.2, -0.15) is 0 Å². The van der Waals surface area contributed by atoms with Crippen LogP contribution in [0, 0.1) is 6.07 Å². The minimum Gasteiger partial charge on any atom is -0.394 e. The number of H-pyrrole nitrogens is 1. The minimum atomic E-state index is -1.37. The molecule has 17 heavy (non-hydrogen) atoms. The van der Waals surface area contributed by atoms with Crippen molar-refractivity contribution in [1.82, 2.24) is 9.55 Å². The summed E-state index contributed by atoms with van der Waals surface area (Å²) in [7, 11) is 0. The van der Waals surface area contributed by atoms with Crippen molar-refractivity contribution < 1.29 is 20.1 Å². The first-order valence-corrected chi connectivity index (χ1v) is 4.90. The van der Waals surface area contributed by atoms with Crippen LogP contribution >= 0.6 is 0 Å². The molecule has 4 atom stereocenters. The normalized spacial score (nSPS) is 32.9. The molecular weight excluding hydrogens is 232 g/mol. The number of rotatable bonds is 2. The molecule has 0 bridgehead atoms. The van der Waals surface area contributed by atoms with Gasteiger partial charge in [0.2, 0.25) is 0 Å². The second-order valence-electron chi connectivity index (χ2n) is 3.67. The average molecular weight is 243 g/mol. The van der Waals surface area contributed by atoms with Gasteiger partial charge in [-0.1, -0.05) is 0 Å². The van der Waals surface area contributed by atoms with E-state index < -0.39 is 42.4 Å². The zero-order chi connectivity index (χ0) is 12.6. The van der Waals surface area contributed by atoms with Gasteiger partial charge in [0.1, 0.15) is 18.3 Å². The quantitative estimate of drug-likeness (QED) is 0.437. The first kappa shape index (κ1) is 12.0. The third-order valence-corrected chi connectivity index (χ3v) is 2.58.